The van der Waals surface area contributed by atoms with Crippen LogP contribution in [0.15, 0.2) is 24.5 Å². The lowest BCUT2D eigenvalue weighted by Gasteiger charge is -1.95. The summed E-state index contributed by atoms with van der Waals surface area (Å²) in [4.78, 5) is 5.40. The van der Waals surface area contributed by atoms with Gasteiger partial charge in [0.25, 0.3) is 0 Å². The highest BCUT2D eigenvalue weighted by molar-refractivity contribution is 5.60. The molecule has 0 aliphatic rings. The largest absolute Gasteiger partial charge is 0.384 e. The van der Waals surface area contributed by atoms with Gasteiger partial charge in [0, 0.05) is 18.8 Å². The molecule has 0 atom stereocenters. The smallest absolute Gasteiger partial charge is 0.123 e. The van der Waals surface area contributed by atoms with Crippen LogP contribution in [-0.4, -0.2) is 20.0 Å². The molecule has 13 heavy (non-hydrogen) atoms. The van der Waals surface area contributed by atoms with Crippen LogP contribution in [0.25, 0.3) is 11.3 Å². The first-order valence-electron chi connectivity index (χ1n) is 3.84. The zero-order valence-electron chi connectivity index (χ0n) is 7.18. The summed E-state index contributed by atoms with van der Waals surface area (Å²) in [7, 11) is 1.77. The number of nitrogen functional groups attached to an aromatic ring is 1. The molecule has 0 bridgehead atoms. The van der Waals surface area contributed by atoms with E-state index in [4.69, 9.17) is 5.73 Å². The molecular weight excluding hydrogens is 166 g/mol. The average Bonchev–Trinajstić information content (AvgIpc) is 2.52. The molecule has 0 saturated carbocycles. The summed E-state index contributed by atoms with van der Waals surface area (Å²) in [5.41, 5.74) is 7.27. The number of aryl methyl sites for hydroxylation is 1. The van der Waals surface area contributed by atoms with E-state index in [9.17, 15) is 0 Å². The number of anilines is 1. The molecule has 0 spiro atoms. The highest BCUT2D eigenvalue weighted by Crippen LogP contribution is 2.15. The van der Waals surface area contributed by atoms with Gasteiger partial charge in [-0.3, -0.25) is 0 Å². The molecule has 2 rings (SSSR count). The molecule has 0 aliphatic heterocycles. The Hall–Kier alpha value is -1.91. The van der Waals surface area contributed by atoms with Gasteiger partial charge < -0.3 is 5.73 Å². The van der Waals surface area contributed by atoms with E-state index >= 15 is 0 Å². The Morgan fingerprint density at radius 1 is 1.46 bits per heavy atom. The molecule has 5 nitrogen and oxygen atoms in total. The van der Waals surface area contributed by atoms with Gasteiger partial charge in [-0.1, -0.05) is 0 Å². The van der Waals surface area contributed by atoms with Crippen LogP contribution < -0.4 is 5.73 Å². The van der Waals surface area contributed by atoms with Crippen LogP contribution in [0.4, 0.5) is 5.82 Å². The van der Waals surface area contributed by atoms with Gasteiger partial charge in [-0.05, 0) is 12.1 Å². The third-order valence-corrected chi connectivity index (χ3v) is 1.68. The normalized spacial score (nSPS) is 10.2. The molecule has 66 valence electrons. The number of rotatable bonds is 1. The first-order valence-corrected chi connectivity index (χ1v) is 3.84. The maximum atomic E-state index is 5.54. The fourth-order valence-electron chi connectivity index (χ4n) is 1.09. The number of aromatic nitrogens is 4. The molecule has 2 aromatic heterocycles. The molecule has 0 radical (unpaired) electrons. The summed E-state index contributed by atoms with van der Waals surface area (Å²) >= 11 is 0. The van der Waals surface area contributed by atoms with Gasteiger partial charge in [0.15, 0.2) is 0 Å². The van der Waals surface area contributed by atoms with E-state index in [0.29, 0.717) is 5.82 Å². The molecule has 0 amide bonds. The second-order valence-corrected chi connectivity index (χ2v) is 2.69. The van der Waals surface area contributed by atoms with Gasteiger partial charge >= 0.3 is 0 Å². The van der Waals surface area contributed by atoms with Gasteiger partial charge in [0.2, 0.25) is 0 Å². The van der Waals surface area contributed by atoms with Crippen molar-refractivity contribution < 1.29 is 0 Å². The predicted octanol–water partition coefficient (Wildman–Crippen LogP) is 0.459. The quantitative estimate of drug-likeness (QED) is 0.683. The fraction of sp³-hybridized carbons (Fsp3) is 0.125. The Bertz CT molecular complexity index is 420. The fourth-order valence-corrected chi connectivity index (χ4v) is 1.09. The van der Waals surface area contributed by atoms with Crippen molar-refractivity contribution in [1.29, 1.82) is 0 Å². The van der Waals surface area contributed by atoms with Crippen molar-refractivity contribution in [3.8, 4) is 11.3 Å². The minimum Gasteiger partial charge on any atom is -0.384 e. The lowest BCUT2D eigenvalue weighted by molar-refractivity contribution is 0.655. The lowest BCUT2D eigenvalue weighted by Crippen LogP contribution is -1.92. The van der Waals surface area contributed by atoms with E-state index in [2.05, 4.69) is 15.2 Å². The topological polar surface area (TPSA) is 69.6 Å². The van der Waals surface area contributed by atoms with Crippen LogP contribution in [0.3, 0.4) is 0 Å². The summed E-state index contributed by atoms with van der Waals surface area (Å²) in [5.74, 6) is 0.489. The van der Waals surface area contributed by atoms with Crippen molar-refractivity contribution in [2.45, 2.75) is 0 Å². The van der Waals surface area contributed by atoms with Crippen molar-refractivity contribution in [3.05, 3.63) is 24.5 Å². The predicted molar refractivity (Wildman–Crippen MR) is 48.6 cm³/mol. The van der Waals surface area contributed by atoms with Crippen LogP contribution in [0.2, 0.25) is 0 Å². The second-order valence-electron chi connectivity index (χ2n) is 2.69. The number of hydrogen-bond acceptors (Lipinski definition) is 4. The molecule has 0 aromatic carbocycles. The standard InChI is InChI=1S/C8H9N5/c1-13-11-5-7(12-13)6-2-3-10-8(9)4-6/h2-5H,1H3,(H2,9,10). The number of hydrogen-bond donors (Lipinski definition) is 1. The Morgan fingerprint density at radius 2 is 2.31 bits per heavy atom. The molecule has 5 heteroatoms. The molecule has 0 saturated heterocycles. The summed E-state index contributed by atoms with van der Waals surface area (Å²) in [5, 5.41) is 8.11. The van der Waals surface area contributed by atoms with Gasteiger partial charge in [0.1, 0.15) is 11.5 Å². The highest BCUT2D eigenvalue weighted by atomic mass is 15.4. The summed E-state index contributed by atoms with van der Waals surface area (Å²) in [6.07, 6.45) is 3.34. The van der Waals surface area contributed by atoms with Crippen molar-refractivity contribution in [2.75, 3.05) is 5.73 Å². The van der Waals surface area contributed by atoms with Gasteiger partial charge in [0.05, 0.1) is 6.20 Å². The highest BCUT2D eigenvalue weighted by Gasteiger charge is 2.01. The maximum Gasteiger partial charge on any atom is 0.123 e. The maximum absolute atomic E-state index is 5.54. The Labute approximate surface area is 75.2 Å². The lowest BCUT2D eigenvalue weighted by atomic mass is 10.2. The number of pyridine rings is 1. The zero-order valence-corrected chi connectivity index (χ0v) is 7.18. The third kappa shape index (κ3) is 1.48. The van der Waals surface area contributed by atoms with E-state index < -0.39 is 0 Å². The van der Waals surface area contributed by atoms with Crippen molar-refractivity contribution in [2.24, 2.45) is 7.05 Å². The first-order chi connectivity index (χ1) is 6.25. The molecule has 0 aliphatic carbocycles. The molecule has 2 aromatic rings. The Morgan fingerprint density at radius 3 is 2.92 bits per heavy atom. The third-order valence-electron chi connectivity index (χ3n) is 1.68. The molecule has 0 unspecified atom stereocenters. The van der Waals surface area contributed by atoms with Gasteiger partial charge in [-0.15, -0.1) is 0 Å². The van der Waals surface area contributed by atoms with E-state index in [0.717, 1.165) is 11.3 Å². The van der Waals surface area contributed by atoms with E-state index in [1.165, 1.54) is 4.80 Å². The average molecular weight is 175 g/mol. The molecular formula is C8H9N5. The van der Waals surface area contributed by atoms with Crippen molar-refractivity contribution >= 4 is 5.82 Å². The Kier molecular flexibility index (Phi) is 1.70. The summed E-state index contributed by atoms with van der Waals surface area (Å²) < 4.78 is 0. The minimum absolute atomic E-state index is 0.489. The number of nitrogens with zero attached hydrogens (tertiary/aromatic N) is 4. The molecule has 0 fully saturated rings. The SMILES string of the molecule is Cn1ncc(-c2ccnc(N)c2)n1. The van der Waals surface area contributed by atoms with Crippen LogP contribution >= 0.6 is 0 Å². The van der Waals surface area contributed by atoms with Crippen LogP contribution in [0, 0.1) is 0 Å². The van der Waals surface area contributed by atoms with Crippen LogP contribution in [-0.2, 0) is 7.05 Å². The van der Waals surface area contributed by atoms with Gasteiger partial charge in [-0.25, -0.2) is 4.98 Å². The Balaban J connectivity index is 2.46. The second kappa shape index (κ2) is 2.85. The van der Waals surface area contributed by atoms with Crippen LogP contribution in [0.5, 0.6) is 0 Å². The monoisotopic (exact) mass is 175 g/mol. The molecule has 2 N–H and O–H groups in total. The number of nitrogens with two attached hydrogens (primary N) is 1. The summed E-state index contributed by atoms with van der Waals surface area (Å²) in [6.45, 7) is 0. The summed E-state index contributed by atoms with van der Waals surface area (Å²) in [6, 6.07) is 3.62. The van der Waals surface area contributed by atoms with E-state index in [1.54, 1.807) is 25.5 Å². The first kappa shape index (κ1) is 7.72. The van der Waals surface area contributed by atoms with Crippen molar-refractivity contribution in [3.63, 3.8) is 0 Å². The van der Waals surface area contributed by atoms with E-state index in [1.807, 2.05) is 6.07 Å². The minimum atomic E-state index is 0.489. The zero-order chi connectivity index (χ0) is 9.26. The van der Waals surface area contributed by atoms with Crippen molar-refractivity contribution in [1.82, 2.24) is 20.0 Å². The van der Waals surface area contributed by atoms with Gasteiger partial charge in [-0.2, -0.15) is 15.0 Å². The molecule has 2 heterocycles. The van der Waals surface area contributed by atoms with Crippen LogP contribution in [0.1, 0.15) is 0 Å². The van der Waals surface area contributed by atoms with E-state index in [-0.39, 0.29) is 0 Å².